The number of quaternary nitrogens is 1. The van der Waals surface area contributed by atoms with Gasteiger partial charge in [-0.25, -0.2) is 4.79 Å². The van der Waals surface area contributed by atoms with Gasteiger partial charge in [-0.05, 0) is 44.7 Å². The molecule has 2 aromatic rings. The van der Waals surface area contributed by atoms with Gasteiger partial charge in [0.2, 0.25) is 0 Å². The van der Waals surface area contributed by atoms with Crippen LogP contribution < -0.4 is 10.2 Å². The van der Waals surface area contributed by atoms with Gasteiger partial charge in [0.15, 0.2) is 6.54 Å². The predicted octanol–water partition coefficient (Wildman–Crippen LogP) is 2.05. The summed E-state index contributed by atoms with van der Waals surface area (Å²) in [7, 11) is 1.34. The van der Waals surface area contributed by atoms with Gasteiger partial charge in [0.05, 0.1) is 25.4 Å². The number of benzene rings is 1. The minimum atomic E-state index is -0.481. The van der Waals surface area contributed by atoms with E-state index in [0.29, 0.717) is 24.0 Å². The van der Waals surface area contributed by atoms with E-state index < -0.39 is 5.97 Å². The first-order valence-electron chi connectivity index (χ1n) is 9.38. The number of ether oxygens (including phenoxy) is 1. The number of methoxy groups -OCH3 is 1. The molecule has 0 saturated carbocycles. The molecule has 140 valence electrons. The van der Waals surface area contributed by atoms with Crippen LogP contribution in [0.25, 0.3) is 10.9 Å². The minimum Gasteiger partial charge on any atom is -0.464 e. The number of anilines is 1. The zero-order valence-corrected chi connectivity index (χ0v) is 15.8. The molecule has 2 atom stereocenters. The molecule has 0 spiro atoms. The van der Waals surface area contributed by atoms with Crippen molar-refractivity contribution in [2.45, 2.75) is 45.6 Å². The maximum absolute atomic E-state index is 12.7. The van der Waals surface area contributed by atoms with E-state index in [-0.39, 0.29) is 5.91 Å². The summed E-state index contributed by atoms with van der Waals surface area (Å²) in [6, 6.07) is 6.39. The number of piperidine rings is 1. The standard InChI is InChI=1S/C20H27N3O3/c1-4-14-7-5-6-10-23(14)12-17(24)22-18-15-11-13(2)8-9-16(15)21-19(18)20(25)26-3/h8-9,11,14,21H,4-7,10,12H2,1-3H3,(H,22,24)/p+1/t14-/m1/s1. The van der Waals surface area contributed by atoms with E-state index in [9.17, 15) is 9.59 Å². The smallest absolute Gasteiger partial charge is 0.356 e. The number of fused-ring (bicyclic) bond motifs is 1. The van der Waals surface area contributed by atoms with E-state index in [2.05, 4.69) is 17.2 Å². The molecule has 1 aliphatic heterocycles. The number of hydrogen-bond donors (Lipinski definition) is 3. The van der Waals surface area contributed by atoms with Gasteiger partial charge in [0.1, 0.15) is 5.69 Å². The predicted molar refractivity (Wildman–Crippen MR) is 102 cm³/mol. The lowest BCUT2D eigenvalue weighted by atomic mass is 10.00. The number of aromatic nitrogens is 1. The first-order valence-corrected chi connectivity index (χ1v) is 9.38. The lowest BCUT2D eigenvalue weighted by molar-refractivity contribution is -0.923. The normalized spacial score (nSPS) is 20.1. The molecule has 1 unspecified atom stereocenters. The third-order valence-corrected chi connectivity index (χ3v) is 5.37. The Labute approximate surface area is 153 Å². The number of likely N-dealkylation sites (tertiary alicyclic amines) is 1. The molecule has 26 heavy (non-hydrogen) atoms. The summed E-state index contributed by atoms with van der Waals surface area (Å²) in [4.78, 5) is 29.3. The van der Waals surface area contributed by atoms with Crippen molar-refractivity contribution in [3.05, 3.63) is 29.5 Å². The van der Waals surface area contributed by atoms with Gasteiger partial charge in [0, 0.05) is 10.9 Å². The van der Waals surface area contributed by atoms with Gasteiger partial charge in [-0.3, -0.25) is 4.79 Å². The fourth-order valence-electron chi connectivity index (χ4n) is 3.96. The van der Waals surface area contributed by atoms with Gasteiger partial charge in [-0.1, -0.05) is 18.6 Å². The van der Waals surface area contributed by atoms with E-state index in [4.69, 9.17) is 4.74 Å². The third kappa shape index (κ3) is 3.75. The quantitative estimate of drug-likeness (QED) is 0.716. The van der Waals surface area contributed by atoms with E-state index >= 15 is 0 Å². The Balaban J connectivity index is 1.85. The highest BCUT2D eigenvalue weighted by molar-refractivity contribution is 6.11. The summed E-state index contributed by atoms with van der Waals surface area (Å²) < 4.78 is 4.88. The lowest BCUT2D eigenvalue weighted by Gasteiger charge is -2.31. The summed E-state index contributed by atoms with van der Waals surface area (Å²) in [5.41, 5.74) is 2.69. The molecule has 6 nitrogen and oxygen atoms in total. The van der Waals surface area contributed by atoms with Crippen LogP contribution in [0.5, 0.6) is 0 Å². The first-order chi connectivity index (χ1) is 12.5. The number of amides is 1. The number of hydrogen-bond acceptors (Lipinski definition) is 3. The summed E-state index contributed by atoms with van der Waals surface area (Å²) in [6.07, 6.45) is 4.68. The first kappa shape index (κ1) is 18.5. The van der Waals surface area contributed by atoms with Gasteiger partial charge < -0.3 is 19.9 Å². The zero-order valence-electron chi connectivity index (χ0n) is 15.8. The SMILES string of the molecule is CC[C@@H]1CCCC[NH+]1CC(=O)Nc1c(C(=O)OC)[nH]c2ccc(C)cc12. The molecule has 0 radical (unpaired) electrons. The van der Waals surface area contributed by atoms with Crippen molar-refractivity contribution < 1.29 is 19.2 Å². The number of H-pyrrole nitrogens is 1. The van der Waals surface area contributed by atoms with Gasteiger partial charge in [-0.15, -0.1) is 0 Å². The summed E-state index contributed by atoms with van der Waals surface area (Å²) in [5.74, 6) is -0.543. The zero-order chi connectivity index (χ0) is 18.7. The van der Waals surface area contributed by atoms with Crippen LogP contribution in [0.15, 0.2) is 18.2 Å². The highest BCUT2D eigenvalue weighted by Gasteiger charge is 2.28. The number of aromatic amines is 1. The Morgan fingerprint density at radius 2 is 2.15 bits per heavy atom. The van der Waals surface area contributed by atoms with Gasteiger partial charge >= 0.3 is 5.97 Å². The van der Waals surface area contributed by atoms with E-state index in [1.807, 2.05) is 25.1 Å². The van der Waals surface area contributed by atoms with Crippen molar-refractivity contribution in [3.63, 3.8) is 0 Å². The average Bonchev–Trinajstić information content (AvgIpc) is 2.99. The number of carbonyl (C=O) groups excluding carboxylic acids is 2. The molecule has 3 rings (SSSR count). The Morgan fingerprint density at radius 1 is 1.35 bits per heavy atom. The van der Waals surface area contributed by atoms with E-state index in [1.54, 1.807) is 0 Å². The molecule has 1 aliphatic rings. The Kier molecular flexibility index (Phi) is 5.61. The minimum absolute atomic E-state index is 0.0621. The third-order valence-electron chi connectivity index (χ3n) is 5.37. The second kappa shape index (κ2) is 7.91. The van der Waals surface area contributed by atoms with Crippen molar-refractivity contribution in [1.82, 2.24) is 4.98 Å². The number of aryl methyl sites for hydroxylation is 1. The molecule has 0 aliphatic carbocycles. The van der Waals surface area contributed by atoms with Crippen LogP contribution in [0.4, 0.5) is 5.69 Å². The van der Waals surface area contributed by atoms with Crippen LogP contribution in [0.3, 0.4) is 0 Å². The lowest BCUT2D eigenvalue weighted by Crippen LogP contribution is -3.17. The molecule has 1 fully saturated rings. The largest absolute Gasteiger partial charge is 0.464 e. The maximum atomic E-state index is 12.7. The second-order valence-electron chi connectivity index (χ2n) is 7.15. The highest BCUT2D eigenvalue weighted by atomic mass is 16.5. The van der Waals surface area contributed by atoms with Crippen molar-refractivity contribution in [2.24, 2.45) is 0 Å². The van der Waals surface area contributed by atoms with Crippen molar-refractivity contribution in [2.75, 3.05) is 25.5 Å². The Hall–Kier alpha value is -2.34. The molecular weight excluding hydrogens is 330 g/mol. The molecule has 1 saturated heterocycles. The van der Waals surface area contributed by atoms with Crippen molar-refractivity contribution in [1.29, 1.82) is 0 Å². The summed E-state index contributed by atoms with van der Waals surface area (Å²) >= 11 is 0. The van der Waals surface area contributed by atoms with Crippen molar-refractivity contribution >= 4 is 28.5 Å². The summed E-state index contributed by atoms with van der Waals surface area (Å²) in [6.45, 7) is 5.63. The highest BCUT2D eigenvalue weighted by Crippen LogP contribution is 2.29. The fourth-order valence-corrected chi connectivity index (χ4v) is 3.96. The van der Waals surface area contributed by atoms with Crippen LogP contribution >= 0.6 is 0 Å². The molecule has 6 heteroatoms. The monoisotopic (exact) mass is 358 g/mol. The Bertz CT molecular complexity index is 812. The molecule has 3 N–H and O–H groups in total. The summed E-state index contributed by atoms with van der Waals surface area (Å²) in [5, 5.41) is 3.81. The van der Waals surface area contributed by atoms with Crippen molar-refractivity contribution in [3.8, 4) is 0 Å². The van der Waals surface area contributed by atoms with Gasteiger partial charge in [-0.2, -0.15) is 0 Å². The van der Waals surface area contributed by atoms with Gasteiger partial charge in [0.25, 0.3) is 5.91 Å². The number of nitrogens with one attached hydrogen (secondary N) is 3. The van der Waals surface area contributed by atoms with E-state index in [1.165, 1.54) is 31.3 Å². The number of rotatable bonds is 5. The number of esters is 1. The fraction of sp³-hybridized carbons (Fsp3) is 0.500. The topological polar surface area (TPSA) is 75.6 Å². The number of carbonyl (C=O) groups is 2. The van der Waals surface area contributed by atoms with Crippen LogP contribution in [-0.4, -0.2) is 43.1 Å². The molecule has 1 aromatic carbocycles. The molecule has 1 amide bonds. The maximum Gasteiger partial charge on any atom is 0.356 e. The van der Waals surface area contributed by atoms with Crippen LogP contribution in [0.1, 0.15) is 48.7 Å². The van der Waals surface area contributed by atoms with Crippen LogP contribution in [-0.2, 0) is 9.53 Å². The molecule has 2 heterocycles. The average molecular weight is 358 g/mol. The van der Waals surface area contributed by atoms with Crippen LogP contribution in [0, 0.1) is 6.92 Å². The molecule has 0 bridgehead atoms. The second-order valence-corrected chi connectivity index (χ2v) is 7.15. The van der Waals surface area contributed by atoms with E-state index in [0.717, 1.165) is 29.4 Å². The Morgan fingerprint density at radius 3 is 2.88 bits per heavy atom. The molecular formula is C20H28N3O3+. The molecule has 1 aromatic heterocycles. The van der Waals surface area contributed by atoms with Crippen LogP contribution in [0.2, 0.25) is 0 Å².